The van der Waals surface area contributed by atoms with Gasteiger partial charge < -0.3 is 15.7 Å². The van der Waals surface area contributed by atoms with Crippen LogP contribution in [-0.2, 0) is 16.8 Å². The van der Waals surface area contributed by atoms with Crippen molar-refractivity contribution in [2.45, 2.75) is 52.7 Å². The van der Waals surface area contributed by atoms with Crippen molar-refractivity contribution in [1.82, 2.24) is 5.32 Å². The summed E-state index contributed by atoms with van der Waals surface area (Å²) in [5.74, 6) is -0.651. The summed E-state index contributed by atoms with van der Waals surface area (Å²) in [5.41, 5.74) is 2.98. The number of nitrogens with one attached hydrogen (secondary N) is 2. The second-order valence-electron chi connectivity index (χ2n) is 8.37. The number of hydrogen-bond donors (Lipinski definition) is 3. The van der Waals surface area contributed by atoms with Crippen LogP contribution >= 0.6 is 0 Å². The van der Waals surface area contributed by atoms with Gasteiger partial charge in [-0.2, -0.15) is 0 Å². The molecule has 0 aromatic heterocycles. The van der Waals surface area contributed by atoms with Gasteiger partial charge in [-0.15, -0.1) is 0 Å². The molecule has 2 aromatic rings. The van der Waals surface area contributed by atoms with E-state index in [1.54, 1.807) is 36.4 Å². The summed E-state index contributed by atoms with van der Waals surface area (Å²) < 4.78 is 0. The second kappa shape index (κ2) is 9.02. The Morgan fingerprint density at radius 2 is 1.68 bits per heavy atom. The van der Waals surface area contributed by atoms with Crippen molar-refractivity contribution >= 4 is 17.5 Å². The summed E-state index contributed by atoms with van der Waals surface area (Å²) in [5, 5.41) is 14.9. The van der Waals surface area contributed by atoms with Crippen LogP contribution in [0.3, 0.4) is 0 Å². The minimum atomic E-state index is -0.674. The standard InChI is InChI=1S/C23H30N2O3/c1-15(2)20(22(28)24-19-8-6-7-16(13-19)14-26)25-21(27)17-9-11-18(12-10-17)23(3,4)5/h6-13,15,20,26H,14H2,1-5H3,(H,24,28)(H,25,27). The Morgan fingerprint density at radius 1 is 1.04 bits per heavy atom. The molecule has 28 heavy (non-hydrogen) atoms. The van der Waals surface area contributed by atoms with E-state index in [1.165, 1.54) is 0 Å². The maximum atomic E-state index is 12.7. The molecule has 1 atom stereocenters. The Balaban J connectivity index is 2.10. The molecule has 0 heterocycles. The molecule has 3 N–H and O–H groups in total. The average Bonchev–Trinajstić information content (AvgIpc) is 2.65. The molecule has 0 aliphatic rings. The van der Waals surface area contributed by atoms with E-state index < -0.39 is 6.04 Å². The fourth-order valence-corrected chi connectivity index (χ4v) is 2.85. The van der Waals surface area contributed by atoms with Gasteiger partial charge >= 0.3 is 0 Å². The van der Waals surface area contributed by atoms with Crippen LogP contribution in [0.15, 0.2) is 48.5 Å². The topological polar surface area (TPSA) is 78.4 Å². The monoisotopic (exact) mass is 382 g/mol. The van der Waals surface area contributed by atoms with E-state index in [2.05, 4.69) is 31.4 Å². The third-order valence-corrected chi connectivity index (χ3v) is 4.63. The molecule has 0 fully saturated rings. The average molecular weight is 383 g/mol. The van der Waals surface area contributed by atoms with Gasteiger partial charge in [0, 0.05) is 11.3 Å². The third-order valence-electron chi connectivity index (χ3n) is 4.63. The van der Waals surface area contributed by atoms with Crippen molar-refractivity contribution in [2.75, 3.05) is 5.32 Å². The predicted molar refractivity (Wildman–Crippen MR) is 112 cm³/mol. The summed E-state index contributed by atoms with van der Waals surface area (Å²) in [6.07, 6.45) is 0. The zero-order valence-electron chi connectivity index (χ0n) is 17.2. The van der Waals surface area contributed by atoms with E-state index in [0.29, 0.717) is 16.8 Å². The first kappa shape index (κ1) is 21.6. The van der Waals surface area contributed by atoms with Gasteiger partial charge in [-0.05, 0) is 46.7 Å². The molecule has 0 saturated heterocycles. The normalized spacial score (nSPS) is 12.5. The molecular formula is C23H30N2O3. The van der Waals surface area contributed by atoms with Crippen LogP contribution in [0.4, 0.5) is 5.69 Å². The van der Waals surface area contributed by atoms with Gasteiger partial charge in [-0.25, -0.2) is 0 Å². The van der Waals surface area contributed by atoms with Crippen LogP contribution in [0.25, 0.3) is 0 Å². The molecule has 0 aliphatic carbocycles. The lowest BCUT2D eigenvalue weighted by atomic mass is 9.86. The van der Waals surface area contributed by atoms with E-state index in [-0.39, 0.29) is 29.8 Å². The SMILES string of the molecule is CC(C)C(NC(=O)c1ccc(C(C)(C)C)cc1)C(=O)Nc1cccc(CO)c1. The quantitative estimate of drug-likeness (QED) is 0.710. The van der Waals surface area contributed by atoms with Crippen molar-refractivity contribution in [1.29, 1.82) is 0 Å². The first-order valence-electron chi connectivity index (χ1n) is 9.54. The van der Waals surface area contributed by atoms with Crippen molar-refractivity contribution in [3.05, 3.63) is 65.2 Å². The molecule has 0 spiro atoms. The van der Waals surface area contributed by atoms with Gasteiger partial charge in [0.1, 0.15) is 6.04 Å². The van der Waals surface area contributed by atoms with E-state index >= 15 is 0 Å². The molecule has 0 aliphatic heterocycles. The number of hydrogen-bond acceptors (Lipinski definition) is 3. The van der Waals surface area contributed by atoms with Crippen LogP contribution in [0.1, 0.15) is 56.1 Å². The van der Waals surface area contributed by atoms with E-state index in [1.807, 2.05) is 26.0 Å². The summed E-state index contributed by atoms with van der Waals surface area (Å²) in [6, 6.07) is 13.8. The molecule has 150 valence electrons. The molecule has 2 aromatic carbocycles. The number of aliphatic hydroxyl groups excluding tert-OH is 1. The van der Waals surface area contributed by atoms with Crippen molar-refractivity contribution in [2.24, 2.45) is 5.92 Å². The Hall–Kier alpha value is -2.66. The lowest BCUT2D eigenvalue weighted by Crippen LogP contribution is -2.47. The first-order valence-corrected chi connectivity index (χ1v) is 9.54. The van der Waals surface area contributed by atoms with Crippen LogP contribution in [-0.4, -0.2) is 23.0 Å². The van der Waals surface area contributed by atoms with Crippen molar-refractivity contribution < 1.29 is 14.7 Å². The Morgan fingerprint density at radius 3 is 2.21 bits per heavy atom. The second-order valence-corrected chi connectivity index (χ2v) is 8.37. The van der Waals surface area contributed by atoms with Crippen molar-refractivity contribution in [3.8, 4) is 0 Å². The number of rotatable bonds is 6. The summed E-state index contributed by atoms with van der Waals surface area (Å²) in [6.45, 7) is 10.0. The lowest BCUT2D eigenvalue weighted by Gasteiger charge is -2.22. The number of anilines is 1. The van der Waals surface area contributed by atoms with Gasteiger partial charge in [0.25, 0.3) is 5.91 Å². The third kappa shape index (κ3) is 5.67. The van der Waals surface area contributed by atoms with Crippen molar-refractivity contribution in [3.63, 3.8) is 0 Å². The molecule has 0 saturated carbocycles. The highest BCUT2D eigenvalue weighted by atomic mass is 16.3. The largest absolute Gasteiger partial charge is 0.392 e. The fourth-order valence-electron chi connectivity index (χ4n) is 2.85. The van der Waals surface area contributed by atoms with Crippen LogP contribution < -0.4 is 10.6 Å². The van der Waals surface area contributed by atoms with Gasteiger partial charge in [0.2, 0.25) is 5.91 Å². The fraction of sp³-hybridized carbons (Fsp3) is 0.391. The molecule has 2 rings (SSSR count). The maximum absolute atomic E-state index is 12.7. The van der Waals surface area contributed by atoms with Crippen LogP contribution in [0.2, 0.25) is 0 Å². The highest BCUT2D eigenvalue weighted by molar-refractivity contribution is 6.01. The number of carbonyl (C=O) groups excluding carboxylic acids is 2. The van der Waals surface area contributed by atoms with Crippen LogP contribution in [0, 0.1) is 5.92 Å². The minimum Gasteiger partial charge on any atom is -0.392 e. The maximum Gasteiger partial charge on any atom is 0.251 e. The smallest absolute Gasteiger partial charge is 0.251 e. The Bertz CT molecular complexity index is 820. The van der Waals surface area contributed by atoms with E-state index in [0.717, 1.165) is 5.56 Å². The number of aliphatic hydroxyl groups is 1. The number of carbonyl (C=O) groups is 2. The van der Waals surface area contributed by atoms with E-state index in [4.69, 9.17) is 0 Å². The van der Waals surface area contributed by atoms with E-state index in [9.17, 15) is 14.7 Å². The molecule has 0 radical (unpaired) electrons. The number of benzene rings is 2. The predicted octanol–water partition coefficient (Wildman–Crippen LogP) is 3.87. The van der Waals surface area contributed by atoms with Gasteiger partial charge in [-0.1, -0.05) is 58.9 Å². The summed E-state index contributed by atoms with van der Waals surface area (Å²) >= 11 is 0. The highest BCUT2D eigenvalue weighted by Crippen LogP contribution is 2.22. The minimum absolute atomic E-state index is 0.0124. The molecule has 5 heteroatoms. The molecule has 5 nitrogen and oxygen atoms in total. The van der Waals surface area contributed by atoms with Gasteiger partial charge in [0.15, 0.2) is 0 Å². The van der Waals surface area contributed by atoms with Gasteiger partial charge in [-0.3, -0.25) is 9.59 Å². The Labute approximate surface area is 167 Å². The molecular weight excluding hydrogens is 352 g/mol. The molecule has 1 unspecified atom stereocenters. The zero-order chi connectivity index (χ0) is 20.9. The van der Waals surface area contributed by atoms with Gasteiger partial charge in [0.05, 0.1) is 6.61 Å². The highest BCUT2D eigenvalue weighted by Gasteiger charge is 2.25. The Kier molecular flexibility index (Phi) is 6.97. The molecule has 0 bridgehead atoms. The first-order chi connectivity index (χ1) is 13.1. The number of amides is 2. The molecule has 2 amide bonds. The lowest BCUT2D eigenvalue weighted by molar-refractivity contribution is -0.118. The van der Waals surface area contributed by atoms with Crippen LogP contribution in [0.5, 0.6) is 0 Å². The zero-order valence-corrected chi connectivity index (χ0v) is 17.2. The summed E-state index contributed by atoms with van der Waals surface area (Å²) in [7, 11) is 0. The summed E-state index contributed by atoms with van der Waals surface area (Å²) in [4.78, 5) is 25.4.